The van der Waals surface area contributed by atoms with E-state index < -0.39 is 5.91 Å². The molecule has 3 aromatic rings. The quantitative estimate of drug-likeness (QED) is 0.657. The molecule has 1 aliphatic rings. The number of nitrogens with zero attached hydrogens (tertiary/aromatic N) is 6. The monoisotopic (exact) mass is 417 g/mol. The van der Waals surface area contributed by atoms with Crippen LogP contribution in [0.4, 0.5) is 11.4 Å². The van der Waals surface area contributed by atoms with Crippen LogP contribution in [0.15, 0.2) is 42.5 Å². The van der Waals surface area contributed by atoms with E-state index in [0.29, 0.717) is 17.8 Å². The van der Waals surface area contributed by atoms with Crippen molar-refractivity contribution < 1.29 is 9.53 Å². The van der Waals surface area contributed by atoms with Crippen molar-refractivity contribution in [2.24, 2.45) is 0 Å². The molecule has 0 unspecified atom stereocenters. The van der Waals surface area contributed by atoms with Gasteiger partial charge in [0.25, 0.3) is 5.91 Å². The van der Waals surface area contributed by atoms with Gasteiger partial charge in [-0.3, -0.25) is 4.79 Å². The lowest BCUT2D eigenvalue weighted by Gasteiger charge is -2.30. The van der Waals surface area contributed by atoms with E-state index in [9.17, 15) is 10.1 Å². The number of hydrogen-bond donors (Lipinski definition) is 1. The number of carbonyl (C=O) groups is 1. The zero-order valence-corrected chi connectivity index (χ0v) is 17.3. The van der Waals surface area contributed by atoms with Gasteiger partial charge in [0.2, 0.25) is 5.82 Å². The molecule has 0 saturated carbocycles. The van der Waals surface area contributed by atoms with Crippen molar-refractivity contribution in [2.45, 2.75) is 25.8 Å². The third-order valence-corrected chi connectivity index (χ3v) is 5.33. The Bertz CT molecular complexity index is 1100. The third kappa shape index (κ3) is 4.48. The lowest BCUT2D eigenvalue weighted by atomic mass is 10.1. The van der Waals surface area contributed by atoms with E-state index in [1.165, 1.54) is 11.1 Å². The first-order valence-electron chi connectivity index (χ1n) is 10.2. The highest BCUT2D eigenvalue weighted by molar-refractivity contribution is 6.03. The Labute approximate surface area is 180 Å². The van der Waals surface area contributed by atoms with Crippen LogP contribution in [0.1, 0.15) is 41.0 Å². The van der Waals surface area contributed by atoms with Crippen LogP contribution >= 0.6 is 0 Å². The van der Waals surface area contributed by atoms with Gasteiger partial charge in [-0.2, -0.15) is 5.26 Å². The van der Waals surface area contributed by atoms with Crippen LogP contribution in [0, 0.1) is 11.3 Å². The fraction of sp³-hybridized carbons (Fsp3) is 0.318. The van der Waals surface area contributed by atoms with Crippen LogP contribution in [0.2, 0.25) is 0 Å². The number of rotatable bonds is 6. The number of tetrazole rings is 1. The number of nitrogens with one attached hydrogen (secondary N) is 1. The molecule has 9 heteroatoms. The molecule has 0 atom stereocenters. The lowest BCUT2D eigenvalue weighted by molar-refractivity contribution is 0.101. The van der Waals surface area contributed by atoms with E-state index in [2.05, 4.69) is 31.8 Å². The summed E-state index contributed by atoms with van der Waals surface area (Å²) in [6.45, 7) is 2.15. The van der Waals surface area contributed by atoms with Crippen LogP contribution in [0.3, 0.4) is 0 Å². The molecule has 1 saturated heterocycles. The minimum atomic E-state index is -0.467. The van der Waals surface area contributed by atoms with Crippen molar-refractivity contribution in [1.82, 2.24) is 20.2 Å². The van der Waals surface area contributed by atoms with Gasteiger partial charge < -0.3 is 15.0 Å². The summed E-state index contributed by atoms with van der Waals surface area (Å²) in [6.07, 6.45) is 3.40. The van der Waals surface area contributed by atoms with Crippen molar-refractivity contribution in [3.05, 3.63) is 59.4 Å². The summed E-state index contributed by atoms with van der Waals surface area (Å²) in [5.41, 5.74) is 2.67. The summed E-state index contributed by atoms with van der Waals surface area (Å²) in [7, 11) is 1.61. The zero-order chi connectivity index (χ0) is 21.6. The number of nitriles is 1. The predicted molar refractivity (Wildman–Crippen MR) is 115 cm³/mol. The summed E-state index contributed by atoms with van der Waals surface area (Å²) < 4.78 is 6.60. The van der Waals surface area contributed by atoms with Crippen molar-refractivity contribution in [2.75, 3.05) is 30.4 Å². The molecule has 158 valence electrons. The molecule has 1 amide bonds. The largest absolute Gasteiger partial charge is 0.497 e. The standard InChI is InChI=1S/C22H23N7O2/c1-31-17-10-8-16(9-11-17)15-29-21(25-26-27-29)22(30)24-19-6-5-7-20(18(19)14-23)28-12-3-2-4-13-28/h5-11H,2-4,12-13,15H2,1H3,(H,24,30). The van der Waals surface area contributed by atoms with Crippen LogP contribution < -0.4 is 15.0 Å². The molecule has 9 nitrogen and oxygen atoms in total. The van der Waals surface area contributed by atoms with E-state index >= 15 is 0 Å². The molecule has 2 aromatic carbocycles. The highest BCUT2D eigenvalue weighted by Crippen LogP contribution is 2.29. The second kappa shape index (κ2) is 9.26. The number of aromatic nitrogens is 4. The fourth-order valence-corrected chi connectivity index (χ4v) is 3.72. The summed E-state index contributed by atoms with van der Waals surface area (Å²) in [5.74, 6) is 0.352. The van der Waals surface area contributed by atoms with Crippen molar-refractivity contribution >= 4 is 17.3 Å². The number of hydrogen-bond acceptors (Lipinski definition) is 7. The maximum absolute atomic E-state index is 12.9. The molecule has 0 bridgehead atoms. The Morgan fingerprint density at radius 3 is 2.65 bits per heavy atom. The smallest absolute Gasteiger partial charge is 0.295 e. The minimum absolute atomic E-state index is 0.0723. The summed E-state index contributed by atoms with van der Waals surface area (Å²) in [4.78, 5) is 15.1. The van der Waals surface area contributed by atoms with E-state index in [4.69, 9.17) is 4.74 Å². The van der Waals surface area contributed by atoms with Gasteiger partial charge >= 0.3 is 0 Å². The first-order valence-corrected chi connectivity index (χ1v) is 10.2. The second-order valence-corrected chi connectivity index (χ2v) is 7.32. The maximum Gasteiger partial charge on any atom is 0.295 e. The number of carbonyl (C=O) groups excluding carboxylic acids is 1. The van der Waals surface area contributed by atoms with Gasteiger partial charge in [-0.25, -0.2) is 4.68 Å². The van der Waals surface area contributed by atoms with Gasteiger partial charge in [-0.1, -0.05) is 18.2 Å². The molecule has 2 heterocycles. The Kier molecular flexibility index (Phi) is 6.08. The van der Waals surface area contributed by atoms with Crippen molar-refractivity contribution in [1.29, 1.82) is 5.26 Å². The summed E-state index contributed by atoms with van der Waals surface area (Å²) >= 11 is 0. The zero-order valence-electron chi connectivity index (χ0n) is 17.3. The van der Waals surface area contributed by atoms with Crippen LogP contribution in [0.25, 0.3) is 0 Å². The Morgan fingerprint density at radius 1 is 1.16 bits per heavy atom. The molecule has 0 spiro atoms. The normalized spacial score (nSPS) is 13.5. The second-order valence-electron chi connectivity index (χ2n) is 7.32. The number of anilines is 2. The third-order valence-electron chi connectivity index (χ3n) is 5.33. The number of piperidine rings is 1. The Balaban J connectivity index is 1.54. The summed E-state index contributed by atoms with van der Waals surface area (Å²) in [6, 6.07) is 15.2. The number of ether oxygens (including phenoxy) is 1. The van der Waals surface area contributed by atoms with E-state index in [1.54, 1.807) is 13.2 Å². The number of amides is 1. The van der Waals surface area contributed by atoms with Gasteiger partial charge in [-0.15, -0.1) is 5.10 Å². The van der Waals surface area contributed by atoms with E-state index in [-0.39, 0.29) is 5.82 Å². The highest BCUT2D eigenvalue weighted by atomic mass is 16.5. The van der Waals surface area contributed by atoms with Crippen molar-refractivity contribution in [3.63, 3.8) is 0 Å². The highest BCUT2D eigenvalue weighted by Gasteiger charge is 2.21. The molecule has 0 aliphatic carbocycles. The van der Waals surface area contributed by atoms with Gasteiger partial charge in [0.1, 0.15) is 11.8 Å². The van der Waals surface area contributed by atoms with Gasteiger partial charge in [-0.05, 0) is 59.5 Å². The summed E-state index contributed by atoms with van der Waals surface area (Å²) in [5, 5.41) is 24.1. The molecule has 1 N–H and O–H groups in total. The van der Waals surface area contributed by atoms with Crippen LogP contribution in [0.5, 0.6) is 5.75 Å². The molecule has 31 heavy (non-hydrogen) atoms. The van der Waals surface area contributed by atoms with Crippen molar-refractivity contribution in [3.8, 4) is 11.8 Å². The minimum Gasteiger partial charge on any atom is -0.497 e. The Morgan fingerprint density at radius 2 is 1.94 bits per heavy atom. The molecule has 1 fully saturated rings. The number of methoxy groups -OCH3 is 1. The number of benzene rings is 2. The predicted octanol–water partition coefficient (Wildman–Crippen LogP) is 2.84. The SMILES string of the molecule is COc1ccc(Cn2nnnc2C(=O)Nc2cccc(N3CCCCC3)c2C#N)cc1. The molecule has 4 rings (SSSR count). The molecule has 1 aliphatic heterocycles. The van der Waals surface area contributed by atoms with E-state index in [0.717, 1.165) is 42.9 Å². The van der Waals surface area contributed by atoms with Gasteiger partial charge in [0, 0.05) is 13.1 Å². The van der Waals surface area contributed by atoms with Gasteiger partial charge in [0.05, 0.1) is 30.6 Å². The molecule has 1 aromatic heterocycles. The molecular formula is C22H23N7O2. The maximum atomic E-state index is 12.9. The molecule has 0 radical (unpaired) electrons. The topological polar surface area (TPSA) is 109 Å². The van der Waals surface area contributed by atoms with Crippen LogP contribution in [-0.4, -0.2) is 46.3 Å². The average Bonchev–Trinajstić information content (AvgIpc) is 3.28. The first-order chi connectivity index (χ1) is 15.2. The van der Waals surface area contributed by atoms with E-state index in [1.807, 2.05) is 36.4 Å². The fourth-order valence-electron chi connectivity index (χ4n) is 3.72. The Hall–Kier alpha value is -3.93. The average molecular weight is 417 g/mol. The lowest BCUT2D eigenvalue weighted by Crippen LogP contribution is -2.30. The first kappa shape index (κ1) is 20.3. The van der Waals surface area contributed by atoms with Crippen LogP contribution in [-0.2, 0) is 6.54 Å². The van der Waals surface area contributed by atoms with Gasteiger partial charge in [0.15, 0.2) is 0 Å². The molecular weight excluding hydrogens is 394 g/mol.